The van der Waals surface area contributed by atoms with Gasteiger partial charge >= 0.3 is 0 Å². The van der Waals surface area contributed by atoms with Crippen LogP contribution in [0.25, 0.3) is 0 Å². The summed E-state index contributed by atoms with van der Waals surface area (Å²) in [6.07, 6.45) is 5.35. The van der Waals surface area contributed by atoms with Crippen LogP contribution in [-0.4, -0.2) is 29.0 Å². The zero-order chi connectivity index (χ0) is 14.2. The van der Waals surface area contributed by atoms with Gasteiger partial charge in [-0.3, -0.25) is 9.98 Å². The van der Waals surface area contributed by atoms with Crippen LogP contribution >= 0.6 is 35.3 Å². The second-order valence-electron chi connectivity index (χ2n) is 4.38. The van der Waals surface area contributed by atoms with Crippen molar-refractivity contribution >= 4 is 41.3 Å². The molecule has 0 unspecified atom stereocenters. The van der Waals surface area contributed by atoms with Crippen molar-refractivity contribution in [1.82, 2.24) is 15.3 Å². The largest absolute Gasteiger partial charge is 0.370 e. The molecule has 0 aromatic carbocycles. The van der Waals surface area contributed by atoms with E-state index in [0.717, 1.165) is 30.1 Å². The summed E-state index contributed by atoms with van der Waals surface area (Å²) >= 11 is 1.70. The average molecular weight is 417 g/mol. The number of hydrogen-bond acceptors (Lipinski definition) is 4. The van der Waals surface area contributed by atoms with Crippen LogP contribution in [0.4, 0.5) is 0 Å². The Morgan fingerprint density at radius 1 is 1.33 bits per heavy atom. The van der Waals surface area contributed by atoms with Crippen LogP contribution < -0.4 is 11.1 Å². The van der Waals surface area contributed by atoms with Gasteiger partial charge in [-0.2, -0.15) is 0 Å². The predicted molar refractivity (Wildman–Crippen MR) is 98.4 cm³/mol. The van der Waals surface area contributed by atoms with E-state index >= 15 is 0 Å². The number of rotatable bonds is 6. The summed E-state index contributed by atoms with van der Waals surface area (Å²) in [5.41, 5.74) is 6.86. The quantitative estimate of drug-likeness (QED) is 0.429. The van der Waals surface area contributed by atoms with Gasteiger partial charge in [0.25, 0.3) is 0 Å². The number of thiazole rings is 1. The minimum absolute atomic E-state index is 0. The number of halogens is 1. The van der Waals surface area contributed by atoms with Gasteiger partial charge in [0.05, 0.1) is 5.01 Å². The van der Waals surface area contributed by atoms with E-state index in [1.54, 1.807) is 17.5 Å². The second-order valence-corrected chi connectivity index (χ2v) is 5.70. The SMILES string of the molecule is Cc1cnc(CCN=C(N)NCCc2ccccn2)s1.I. The van der Waals surface area contributed by atoms with E-state index in [1.165, 1.54) is 4.88 Å². The van der Waals surface area contributed by atoms with Crippen molar-refractivity contribution in [2.24, 2.45) is 10.7 Å². The average Bonchev–Trinajstić information content (AvgIpc) is 2.86. The highest BCUT2D eigenvalue weighted by molar-refractivity contribution is 14.0. The van der Waals surface area contributed by atoms with Crippen LogP contribution in [0.3, 0.4) is 0 Å². The fourth-order valence-electron chi connectivity index (χ4n) is 1.71. The second kappa shape index (κ2) is 9.67. The normalized spacial score (nSPS) is 11.0. The van der Waals surface area contributed by atoms with Crippen LogP contribution in [0.15, 0.2) is 35.6 Å². The Morgan fingerprint density at radius 3 is 2.86 bits per heavy atom. The first-order chi connectivity index (χ1) is 9.74. The van der Waals surface area contributed by atoms with Crippen LogP contribution in [0.5, 0.6) is 0 Å². The van der Waals surface area contributed by atoms with Crippen molar-refractivity contribution in [2.45, 2.75) is 19.8 Å². The van der Waals surface area contributed by atoms with Gasteiger partial charge in [-0.1, -0.05) is 6.07 Å². The summed E-state index contributed by atoms with van der Waals surface area (Å²) in [6.45, 7) is 3.45. The van der Waals surface area contributed by atoms with Crippen LogP contribution in [-0.2, 0) is 12.8 Å². The first-order valence-electron chi connectivity index (χ1n) is 6.59. The summed E-state index contributed by atoms with van der Waals surface area (Å²) in [6, 6.07) is 5.89. The van der Waals surface area contributed by atoms with Crippen molar-refractivity contribution in [3.63, 3.8) is 0 Å². The van der Waals surface area contributed by atoms with Crippen molar-refractivity contribution in [2.75, 3.05) is 13.1 Å². The zero-order valence-electron chi connectivity index (χ0n) is 12.0. The minimum atomic E-state index is 0. The topological polar surface area (TPSA) is 76.2 Å². The highest BCUT2D eigenvalue weighted by Gasteiger charge is 1.98. The first-order valence-corrected chi connectivity index (χ1v) is 7.40. The Hall–Kier alpha value is -1.22. The van der Waals surface area contributed by atoms with Gasteiger partial charge in [0.2, 0.25) is 0 Å². The van der Waals surface area contributed by atoms with E-state index in [9.17, 15) is 0 Å². The molecule has 0 saturated carbocycles. The fraction of sp³-hybridized carbons (Fsp3) is 0.357. The minimum Gasteiger partial charge on any atom is -0.370 e. The smallest absolute Gasteiger partial charge is 0.188 e. The maximum Gasteiger partial charge on any atom is 0.188 e. The summed E-state index contributed by atoms with van der Waals surface area (Å²) in [5.74, 6) is 0.481. The molecule has 0 aliphatic heterocycles. The molecule has 3 N–H and O–H groups in total. The Kier molecular flexibility index (Phi) is 8.21. The molecule has 0 aliphatic rings. The first kappa shape index (κ1) is 17.8. The van der Waals surface area contributed by atoms with Crippen molar-refractivity contribution < 1.29 is 0 Å². The van der Waals surface area contributed by atoms with Crippen molar-refractivity contribution in [3.05, 3.63) is 46.2 Å². The van der Waals surface area contributed by atoms with Gasteiger partial charge < -0.3 is 11.1 Å². The van der Waals surface area contributed by atoms with E-state index in [1.807, 2.05) is 24.4 Å². The molecule has 0 amide bonds. The third kappa shape index (κ3) is 6.85. The van der Waals surface area contributed by atoms with Gasteiger partial charge in [-0.15, -0.1) is 35.3 Å². The number of pyridine rings is 1. The molecule has 0 radical (unpaired) electrons. The van der Waals surface area contributed by atoms with E-state index in [0.29, 0.717) is 12.5 Å². The van der Waals surface area contributed by atoms with Gasteiger partial charge in [-0.05, 0) is 19.1 Å². The molecule has 0 bridgehead atoms. The number of aliphatic imine (C=N–C) groups is 1. The number of guanidine groups is 1. The highest BCUT2D eigenvalue weighted by atomic mass is 127. The van der Waals surface area contributed by atoms with Crippen LogP contribution in [0.2, 0.25) is 0 Å². The molecule has 21 heavy (non-hydrogen) atoms. The van der Waals surface area contributed by atoms with E-state index < -0.39 is 0 Å². The fourth-order valence-corrected chi connectivity index (χ4v) is 2.49. The molecule has 0 fully saturated rings. The summed E-state index contributed by atoms with van der Waals surface area (Å²) in [7, 11) is 0. The predicted octanol–water partition coefficient (Wildman–Crippen LogP) is 2.15. The number of aromatic nitrogens is 2. The Labute approximate surface area is 146 Å². The highest BCUT2D eigenvalue weighted by Crippen LogP contribution is 2.11. The number of nitrogens with zero attached hydrogens (tertiary/aromatic N) is 3. The Morgan fingerprint density at radius 2 is 2.19 bits per heavy atom. The molecule has 114 valence electrons. The molecule has 2 aromatic heterocycles. The molecule has 0 saturated heterocycles. The summed E-state index contributed by atoms with van der Waals surface area (Å²) in [4.78, 5) is 14.1. The molecular formula is C14H20IN5S. The van der Waals surface area contributed by atoms with Gasteiger partial charge in [0.1, 0.15) is 0 Å². The number of hydrogen-bond donors (Lipinski definition) is 2. The van der Waals surface area contributed by atoms with Crippen LogP contribution in [0.1, 0.15) is 15.6 Å². The maximum absolute atomic E-state index is 5.81. The number of nitrogens with one attached hydrogen (secondary N) is 1. The van der Waals surface area contributed by atoms with Gasteiger partial charge in [0.15, 0.2) is 5.96 Å². The van der Waals surface area contributed by atoms with E-state index in [-0.39, 0.29) is 24.0 Å². The zero-order valence-corrected chi connectivity index (χ0v) is 15.1. The molecule has 0 aliphatic carbocycles. The molecule has 2 rings (SSSR count). The van der Waals surface area contributed by atoms with Crippen LogP contribution in [0, 0.1) is 6.92 Å². The number of aryl methyl sites for hydroxylation is 1. The Balaban J connectivity index is 0.00000220. The molecule has 0 atom stereocenters. The maximum atomic E-state index is 5.81. The van der Waals surface area contributed by atoms with Crippen molar-refractivity contribution in [1.29, 1.82) is 0 Å². The summed E-state index contributed by atoms with van der Waals surface area (Å²) in [5, 5.41) is 4.20. The molecule has 5 nitrogen and oxygen atoms in total. The monoisotopic (exact) mass is 417 g/mol. The third-order valence-electron chi connectivity index (χ3n) is 2.69. The summed E-state index contributed by atoms with van der Waals surface area (Å²) < 4.78 is 0. The standard InChI is InChI=1S/C14H19N5S.HI/c1-11-10-19-13(20-11)6-9-18-14(15)17-8-5-12-4-2-3-7-16-12;/h2-4,7,10H,5-6,8-9H2,1H3,(H3,15,17,18);1H. The van der Waals surface area contributed by atoms with Gasteiger partial charge in [-0.25, -0.2) is 4.98 Å². The lowest BCUT2D eigenvalue weighted by atomic mass is 10.3. The lowest BCUT2D eigenvalue weighted by Crippen LogP contribution is -2.33. The molecule has 0 spiro atoms. The lowest BCUT2D eigenvalue weighted by molar-refractivity contribution is 0.824. The molecule has 2 heterocycles. The molecule has 2 aromatic rings. The third-order valence-corrected chi connectivity index (χ3v) is 3.66. The van der Waals surface area contributed by atoms with Crippen molar-refractivity contribution in [3.8, 4) is 0 Å². The molecule has 7 heteroatoms. The lowest BCUT2D eigenvalue weighted by Gasteiger charge is -2.04. The van der Waals surface area contributed by atoms with E-state index in [2.05, 4.69) is 27.2 Å². The molecular weight excluding hydrogens is 397 g/mol. The Bertz CT molecular complexity index is 556. The number of nitrogens with two attached hydrogens (primary N) is 1. The van der Waals surface area contributed by atoms with Gasteiger partial charge in [0, 0.05) is 48.9 Å². The van der Waals surface area contributed by atoms with E-state index in [4.69, 9.17) is 5.73 Å².